The Labute approximate surface area is 157 Å². The van der Waals surface area contributed by atoms with Crippen molar-refractivity contribution in [1.82, 2.24) is 4.98 Å². The molecule has 0 saturated heterocycles. The lowest BCUT2D eigenvalue weighted by atomic mass is 10.2. The third kappa shape index (κ3) is 4.28. The molecular weight excluding hydrogens is 383 g/mol. The van der Waals surface area contributed by atoms with Gasteiger partial charge in [-0.05, 0) is 36.4 Å². The number of carbonyl (C=O) groups excluding carboxylic acids is 1. The first-order valence-corrected chi connectivity index (χ1v) is 8.11. The van der Waals surface area contributed by atoms with Gasteiger partial charge in [-0.1, -0.05) is 23.2 Å². The van der Waals surface area contributed by atoms with Crippen LogP contribution in [0.5, 0.6) is 0 Å². The van der Waals surface area contributed by atoms with Gasteiger partial charge in [0.2, 0.25) is 0 Å². The van der Waals surface area contributed by atoms with Crippen LogP contribution in [0.2, 0.25) is 10.0 Å². The number of benzene rings is 2. The Morgan fingerprint density at radius 2 is 1.73 bits per heavy atom. The van der Waals surface area contributed by atoms with Crippen LogP contribution in [-0.4, -0.2) is 10.9 Å². The molecule has 0 atom stereocenters. The number of hydrogen-bond donors (Lipinski definition) is 2. The number of anilines is 3. The highest BCUT2D eigenvalue weighted by Crippen LogP contribution is 2.26. The Hall–Kier alpha value is -2.70. The number of halogens is 4. The molecule has 0 aliphatic heterocycles. The Morgan fingerprint density at radius 3 is 2.46 bits per heavy atom. The number of hydrogen-bond acceptors (Lipinski definition) is 3. The fourth-order valence-electron chi connectivity index (χ4n) is 2.16. The van der Waals surface area contributed by atoms with Gasteiger partial charge >= 0.3 is 0 Å². The highest BCUT2D eigenvalue weighted by molar-refractivity contribution is 6.36. The minimum atomic E-state index is -0.757. The summed E-state index contributed by atoms with van der Waals surface area (Å²) in [5.41, 5.74) is 1.05. The van der Waals surface area contributed by atoms with E-state index in [0.717, 1.165) is 12.1 Å². The Morgan fingerprint density at radius 1 is 0.962 bits per heavy atom. The zero-order valence-electron chi connectivity index (χ0n) is 13.1. The number of aromatic nitrogens is 1. The number of nitrogens with zero attached hydrogens (tertiary/aromatic N) is 1. The van der Waals surface area contributed by atoms with Crippen molar-refractivity contribution in [3.05, 3.63) is 82.1 Å². The monoisotopic (exact) mass is 393 g/mol. The molecule has 1 aromatic heterocycles. The fraction of sp³-hybridized carbons (Fsp3) is 0. The van der Waals surface area contributed by atoms with Gasteiger partial charge in [0.25, 0.3) is 5.91 Å². The van der Waals surface area contributed by atoms with Gasteiger partial charge in [-0.25, -0.2) is 8.78 Å². The van der Waals surface area contributed by atoms with E-state index < -0.39 is 17.5 Å². The molecule has 0 unspecified atom stereocenters. The molecule has 0 aliphatic rings. The van der Waals surface area contributed by atoms with E-state index in [4.69, 9.17) is 23.2 Å². The number of amides is 1. The van der Waals surface area contributed by atoms with Gasteiger partial charge in [0.05, 0.1) is 33.8 Å². The molecule has 2 aromatic carbocycles. The van der Waals surface area contributed by atoms with E-state index in [0.29, 0.717) is 21.4 Å². The molecule has 0 aliphatic carbocycles. The Kier molecular flexibility index (Phi) is 5.35. The molecule has 0 radical (unpaired) electrons. The first-order chi connectivity index (χ1) is 12.4. The van der Waals surface area contributed by atoms with Crippen LogP contribution in [0.3, 0.4) is 0 Å². The first-order valence-electron chi connectivity index (χ1n) is 7.36. The van der Waals surface area contributed by atoms with Crippen molar-refractivity contribution in [1.29, 1.82) is 0 Å². The smallest absolute Gasteiger partial charge is 0.257 e. The average Bonchev–Trinajstić information content (AvgIpc) is 2.60. The SMILES string of the molecule is O=C(Nc1ccc(Cl)cc1Cl)c1cncc(Nc2ccc(F)cc2F)c1. The number of nitrogens with one attached hydrogen (secondary N) is 2. The van der Waals surface area contributed by atoms with Crippen molar-refractivity contribution in [3.8, 4) is 0 Å². The molecule has 0 fully saturated rings. The molecule has 2 N–H and O–H groups in total. The maximum absolute atomic E-state index is 13.7. The molecule has 0 bridgehead atoms. The Bertz CT molecular complexity index is 982. The van der Waals surface area contributed by atoms with Crippen molar-refractivity contribution in [3.63, 3.8) is 0 Å². The Balaban J connectivity index is 1.79. The largest absolute Gasteiger partial charge is 0.352 e. The molecule has 3 rings (SSSR count). The van der Waals surface area contributed by atoms with Crippen molar-refractivity contribution in [2.45, 2.75) is 0 Å². The van der Waals surface area contributed by atoms with Gasteiger partial charge in [0, 0.05) is 17.3 Å². The maximum atomic E-state index is 13.7. The number of pyridine rings is 1. The van der Waals surface area contributed by atoms with Gasteiger partial charge in [-0.15, -0.1) is 0 Å². The van der Waals surface area contributed by atoms with Crippen LogP contribution in [0, 0.1) is 11.6 Å². The van der Waals surface area contributed by atoms with E-state index >= 15 is 0 Å². The summed E-state index contributed by atoms with van der Waals surface area (Å²) in [5.74, 6) is -1.89. The van der Waals surface area contributed by atoms with E-state index in [-0.39, 0.29) is 11.3 Å². The van der Waals surface area contributed by atoms with Gasteiger partial charge in [0.1, 0.15) is 11.6 Å². The third-order valence-corrected chi connectivity index (χ3v) is 3.94. The molecular formula is C18H11Cl2F2N3O. The minimum Gasteiger partial charge on any atom is -0.352 e. The zero-order chi connectivity index (χ0) is 18.7. The second-order valence-electron chi connectivity index (χ2n) is 5.29. The normalized spacial score (nSPS) is 10.5. The van der Waals surface area contributed by atoms with Crippen molar-refractivity contribution in [2.75, 3.05) is 10.6 Å². The molecule has 26 heavy (non-hydrogen) atoms. The average molecular weight is 394 g/mol. The lowest BCUT2D eigenvalue weighted by molar-refractivity contribution is 0.102. The van der Waals surface area contributed by atoms with Crippen LogP contribution >= 0.6 is 23.2 Å². The zero-order valence-corrected chi connectivity index (χ0v) is 14.6. The lowest BCUT2D eigenvalue weighted by Crippen LogP contribution is -2.13. The van der Waals surface area contributed by atoms with Gasteiger partial charge in [-0.3, -0.25) is 9.78 Å². The van der Waals surface area contributed by atoms with Crippen molar-refractivity contribution in [2.24, 2.45) is 0 Å². The molecule has 0 saturated carbocycles. The molecule has 4 nitrogen and oxygen atoms in total. The molecule has 1 amide bonds. The fourth-order valence-corrected chi connectivity index (χ4v) is 2.62. The number of rotatable bonds is 4. The van der Waals surface area contributed by atoms with E-state index in [1.807, 2.05) is 0 Å². The van der Waals surface area contributed by atoms with Gasteiger partial charge < -0.3 is 10.6 Å². The van der Waals surface area contributed by atoms with E-state index in [1.165, 1.54) is 30.6 Å². The third-order valence-electron chi connectivity index (χ3n) is 3.39. The van der Waals surface area contributed by atoms with E-state index in [2.05, 4.69) is 15.6 Å². The summed E-state index contributed by atoms with van der Waals surface area (Å²) >= 11 is 11.9. The highest BCUT2D eigenvalue weighted by Gasteiger charge is 2.11. The summed E-state index contributed by atoms with van der Waals surface area (Å²) in [4.78, 5) is 16.3. The molecule has 1 heterocycles. The standard InChI is InChI=1S/C18H11Cl2F2N3O/c19-11-1-3-16(14(20)6-11)25-18(26)10-5-13(9-23-8-10)24-17-4-2-12(21)7-15(17)22/h1-9,24H,(H,25,26). The summed E-state index contributed by atoms with van der Waals surface area (Å²) in [6.07, 6.45) is 2.76. The quantitative estimate of drug-likeness (QED) is 0.600. The van der Waals surface area contributed by atoms with Crippen LogP contribution < -0.4 is 10.6 Å². The summed E-state index contributed by atoms with van der Waals surface area (Å²) < 4.78 is 26.7. The van der Waals surface area contributed by atoms with Crippen LogP contribution in [0.1, 0.15) is 10.4 Å². The van der Waals surface area contributed by atoms with Crippen LogP contribution in [0.15, 0.2) is 54.9 Å². The van der Waals surface area contributed by atoms with Crippen LogP contribution in [0.25, 0.3) is 0 Å². The first kappa shape index (κ1) is 18.1. The molecule has 3 aromatic rings. The lowest BCUT2D eigenvalue weighted by Gasteiger charge is -2.10. The topological polar surface area (TPSA) is 54.0 Å². The van der Waals surface area contributed by atoms with Crippen LogP contribution in [0.4, 0.5) is 25.8 Å². The van der Waals surface area contributed by atoms with Crippen molar-refractivity contribution < 1.29 is 13.6 Å². The minimum absolute atomic E-state index is 0.0616. The maximum Gasteiger partial charge on any atom is 0.257 e. The predicted octanol–water partition coefficient (Wildman–Crippen LogP) is 5.66. The highest BCUT2D eigenvalue weighted by atomic mass is 35.5. The summed E-state index contributed by atoms with van der Waals surface area (Å²) in [6, 6.07) is 9.29. The second kappa shape index (κ2) is 7.68. The molecule has 132 valence electrons. The summed E-state index contributed by atoms with van der Waals surface area (Å²) in [6.45, 7) is 0. The molecule has 0 spiro atoms. The van der Waals surface area contributed by atoms with Crippen molar-refractivity contribution >= 4 is 46.2 Å². The van der Waals surface area contributed by atoms with Gasteiger partial charge in [0.15, 0.2) is 0 Å². The van der Waals surface area contributed by atoms with Gasteiger partial charge in [-0.2, -0.15) is 0 Å². The summed E-state index contributed by atoms with van der Waals surface area (Å²) in [7, 11) is 0. The molecule has 8 heteroatoms. The summed E-state index contributed by atoms with van der Waals surface area (Å²) in [5, 5.41) is 6.13. The second-order valence-corrected chi connectivity index (χ2v) is 6.13. The van der Waals surface area contributed by atoms with Crippen LogP contribution in [-0.2, 0) is 0 Å². The predicted molar refractivity (Wildman–Crippen MR) is 98.3 cm³/mol. The van der Waals surface area contributed by atoms with E-state index in [9.17, 15) is 13.6 Å². The van der Waals surface area contributed by atoms with E-state index in [1.54, 1.807) is 12.1 Å². The number of carbonyl (C=O) groups is 1.